The maximum absolute atomic E-state index is 13.0. The van der Waals surface area contributed by atoms with Gasteiger partial charge in [-0.3, -0.25) is 14.4 Å². The number of allylic oxidation sites excluding steroid dienone is 3. The molecule has 1 atom stereocenters. The van der Waals surface area contributed by atoms with Crippen LogP contribution in [0.3, 0.4) is 0 Å². The van der Waals surface area contributed by atoms with Crippen LogP contribution in [0.5, 0.6) is 5.75 Å². The molecule has 1 aromatic carbocycles. The Morgan fingerprint density at radius 3 is 2.21 bits per heavy atom. The van der Waals surface area contributed by atoms with Crippen molar-refractivity contribution in [3.05, 3.63) is 51.7 Å². The van der Waals surface area contributed by atoms with E-state index in [1.165, 1.54) is 12.5 Å². The summed E-state index contributed by atoms with van der Waals surface area (Å²) in [5.74, 6) is -0.818. The van der Waals surface area contributed by atoms with Gasteiger partial charge in [0, 0.05) is 17.2 Å². The standard InChI is InChI=1S/C27H36ClNO4/c1-9-21(25(32)29-19-15-20(30)16(4)23(28)24(19)31)33-22-13-12-17(26(5,6)10-2)14-18(22)27(7,8)11-3/h12-15,21H,9-11H2,1-8H3,(H,29,32). The van der Waals surface area contributed by atoms with Gasteiger partial charge < -0.3 is 10.1 Å². The van der Waals surface area contributed by atoms with Gasteiger partial charge in [0.25, 0.3) is 5.91 Å². The van der Waals surface area contributed by atoms with E-state index in [2.05, 4.69) is 59.0 Å². The van der Waals surface area contributed by atoms with E-state index >= 15 is 0 Å². The number of hydrogen-bond donors (Lipinski definition) is 1. The Morgan fingerprint density at radius 1 is 1.06 bits per heavy atom. The summed E-state index contributed by atoms with van der Waals surface area (Å²) >= 11 is 5.97. The quantitative estimate of drug-likeness (QED) is 0.454. The van der Waals surface area contributed by atoms with Crippen LogP contribution in [0.4, 0.5) is 0 Å². The zero-order chi connectivity index (χ0) is 25.1. The highest BCUT2D eigenvalue weighted by molar-refractivity contribution is 6.49. The number of hydrogen-bond acceptors (Lipinski definition) is 4. The second kappa shape index (κ2) is 10.3. The number of halogens is 1. The molecule has 0 radical (unpaired) electrons. The largest absolute Gasteiger partial charge is 0.480 e. The Bertz CT molecular complexity index is 1020. The van der Waals surface area contributed by atoms with Gasteiger partial charge in [0.1, 0.15) is 5.75 Å². The summed E-state index contributed by atoms with van der Waals surface area (Å²) in [6, 6.07) is 6.18. The molecule has 1 aromatic rings. The fourth-order valence-corrected chi connectivity index (χ4v) is 3.66. The average molecular weight is 474 g/mol. The molecule has 5 nitrogen and oxygen atoms in total. The molecule has 0 aliphatic heterocycles. The topological polar surface area (TPSA) is 72.5 Å². The Kier molecular flexibility index (Phi) is 8.34. The van der Waals surface area contributed by atoms with E-state index in [1.54, 1.807) is 0 Å². The van der Waals surface area contributed by atoms with Crippen LogP contribution in [0.2, 0.25) is 0 Å². The van der Waals surface area contributed by atoms with Crippen LogP contribution in [-0.2, 0) is 25.2 Å². The number of carbonyl (C=O) groups excluding carboxylic acids is 3. The first-order chi connectivity index (χ1) is 15.3. The molecule has 6 heteroatoms. The molecule has 0 saturated carbocycles. The molecule has 1 aliphatic rings. The minimum atomic E-state index is -0.837. The summed E-state index contributed by atoms with van der Waals surface area (Å²) in [4.78, 5) is 37.4. The summed E-state index contributed by atoms with van der Waals surface area (Å²) < 4.78 is 6.22. The second-order valence-electron chi connectivity index (χ2n) is 9.88. The predicted octanol–water partition coefficient (Wildman–Crippen LogP) is 5.88. The van der Waals surface area contributed by atoms with Crippen molar-refractivity contribution in [1.82, 2.24) is 5.32 Å². The number of benzene rings is 1. The van der Waals surface area contributed by atoms with Crippen LogP contribution in [0, 0.1) is 0 Å². The third-order valence-corrected chi connectivity index (χ3v) is 7.32. The van der Waals surface area contributed by atoms with Crippen LogP contribution >= 0.6 is 11.6 Å². The number of ether oxygens (including phenoxy) is 1. The van der Waals surface area contributed by atoms with Crippen molar-refractivity contribution in [3.8, 4) is 5.75 Å². The number of amides is 1. The average Bonchev–Trinajstić information content (AvgIpc) is 2.79. The molecule has 1 N–H and O–H groups in total. The molecule has 0 aromatic heterocycles. The summed E-state index contributed by atoms with van der Waals surface area (Å²) in [7, 11) is 0. The van der Waals surface area contributed by atoms with Gasteiger partial charge in [0.15, 0.2) is 11.9 Å². The SMILES string of the molecule is CCC(Oc1ccc(C(C)(C)CC)cc1C(C)(C)CC)C(=O)NC1=CC(=O)C(C)=C(Cl)C1=O. The third kappa shape index (κ3) is 5.75. The number of rotatable bonds is 9. The van der Waals surface area contributed by atoms with Gasteiger partial charge >= 0.3 is 0 Å². The monoisotopic (exact) mass is 473 g/mol. The molecule has 1 unspecified atom stereocenters. The van der Waals surface area contributed by atoms with Gasteiger partial charge in [-0.15, -0.1) is 0 Å². The van der Waals surface area contributed by atoms with Crippen LogP contribution in [0.25, 0.3) is 0 Å². The Hall–Kier alpha value is -2.40. The van der Waals surface area contributed by atoms with Crippen LogP contribution in [-0.4, -0.2) is 23.6 Å². The van der Waals surface area contributed by atoms with Crippen LogP contribution in [0.15, 0.2) is 40.6 Å². The lowest BCUT2D eigenvalue weighted by Gasteiger charge is -2.31. The molecule has 1 aliphatic carbocycles. The zero-order valence-electron chi connectivity index (χ0n) is 21.0. The van der Waals surface area contributed by atoms with E-state index in [9.17, 15) is 14.4 Å². The first-order valence-corrected chi connectivity index (χ1v) is 12.0. The second-order valence-corrected chi connectivity index (χ2v) is 10.3. The maximum Gasteiger partial charge on any atom is 0.265 e. The Labute approximate surface area is 202 Å². The normalized spacial score (nSPS) is 16.0. The van der Waals surface area contributed by atoms with Crippen molar-refractivity contribution < 1.29 is 19.1 Å². The van der Waals surface area contributed by atoms with Gasteiger partial charge in [-0.2, -0.15) is 0 Å². The molecular formula is C27H36ClNO4. The minimum absolute atomic E-state index is 0.0178. The molecule has 180 valence electrons. The number of Topliss-reactive ketones (excluding diaryl/α,β-unsaturated/α-hetero) is 1. The highest BCUT2D eigenvalue weighted by Crippen LogP contribution is 2.39. The molecule has 0 bridgehead atoms. The molecule has 2 rings (SSSR count). The molecule has 0 heterocycles. The van der Waals surface area contributed by atoms with E-state index in [0.29, 0.717) is 12.2 Å². The van der Waals surface area contributed by atoms with Crippen molar-refractivity contribution in [1.29, 1.82) is 0 Å². The van der Waals surface area contributed by atoms with Crippen molar-refractivity contribution >= 4 is 29.1 Å². The first-order valence-electron chi connectivity index (χ1n) is 11.6. The van der Waals surface area contributed by atoms with E-state index < -0.39 is 23.6 Å². The van der Waals surface area contributed by atoms with Crippen molar-refractivity contribution in [2.75, 3.05) is 0 Å². The van der Waals surface area contributed by atoms with Gasteiger partial charge in [-0.1, -0.05) is 72.2 Å². The molecular weight excluding hydrogens is 438 g/mol. The fourth-order valence-electron chi connectivity index (χ4n) is 3.46. The van der Waals surface area contributed by atoms with Crippen LogP contribution < -0.4 is 10.1 Å². The smallest absolute Gasteiger partial charge is 0.265 e. The maximum atomic E-state index is 13.0. The van der Waals surface area contributed by atoms with Gasteiger partial charge in [-0.25, -0.2) is 0 Å². The van der Waals surface area contributed by atoms with Crippen molar-refractivity contribution in [2.45, 2.75) is 91.6 Å². The fraction of sp³-hybridized carbons (Fsp3) is 0.519. The molecule has 1 amide bonds. The lowest BCUT2D eigenvalue weighted by molar-refractivity contribution is -0.128. The van der Waals surface area contributed by atoms with Gasteiger partial charge in [0.2, 0.25) is 5.78 Å². The summed E-state index contributed by atoms with van der Waals surface area (Å²) in [6.45, 7) is 16.4. The summed E-state index contributed by atoms with van der Waals surface area (Å²) in [5, 5.41) is 2.37. The Morgan fingerprint density at radius 2 is 1.67 bits per heavy atom. The lowest BCUT2D eigenvalue weighted by atomic mass is 9.76. The summed E-state index contributed by atoms with van der Waals surface area (Å²) in [5.41, 5.74) is 2.17. The summed E-state index contributed by atoms with van der Waals surface area (Å²) in [6.07, 6.45) is 2.56. The molecule has 33 heavy (non-hydrogen) atoms. The van der Waals surface area contributed by atoms with Crippen LogP contribution in [0.1, 0.15) is 85.8 Å². The lowest BCUT2D eigenvalue weighted by Crippen LogP contribution is -2.40. The van der Waals surface area contributed by atoms with Gasteiger partial charge in [0.05, 0.1) is 10.7 Å². The van der Waals surface area contributed by atoms with Gasteiger partial charge in [-0.05, 0) is 48.6 Å². The molecule has 0 fully saturated rings. The highest BCUT2D eigenvalue weighted by atomic mass is 35.5. The van der Waals surface area contributed by atoms with E-state index in [1.807, 2.05) is 13.0 Å². The Balaban J connectivity index is 2.36. The zero-order valence-corrected chi connectivity index (χ0v) is 21.8. The third-order valence-electron chi connectivity index (χ3n) is 6.87. The molecule has 0 saturated heterocycles. The highest BCUT2D eigenvalue weighted by Gasteiger charge is 2.31. The molecule has 0 spiro atoms. The first kappa shape index (κ1) is 26.8. The van der Waals surface area contributed by atoms with Crippen molar-refractivity contribution in [3.63, 3.8) is 0 Å². The van der Waals surface area contributed by atoms with Crippen molar-refractivity contribution in [2.24, 2.45) is 0 Å². The number of nitrogens with one attached hydrogen (secondary N) is 1. The number of carbonyl (C=O) groups is 3. The van der Waals surface area contributed by atoms with E-state index in [0.717, 1.165) is 24.5 Å². The van der Waals surface area contributed by atoms with E-state index in [-0.39, 0.29) is 27.1 Å². The predicted molar refractivity (Wildman–Crippen MR) is 133 cm³/mol. The number of ketones is 2. The minimum Gasteiger partial charge on any atom is -0.480 e. The van der Waals surface area contributed by atoms with E-state index in [4.69, 9.17) is 16.3 Å².